The van der Waals surface area contributed by atoms with Gasteiger partial charge in [-0.25, -0.2) is 13.1 Å². The molecule has 1 aliphatic heterocycles. The van der Waals surface area contributed by atoms with Gasteiger partial charge in [-0.1, -0.05) is 5.16 Å². The summed E-state index contributed by atoms with van der Waals surface area (Å²) in [5, 5.41) is 12.9. The molecule has 0 atom stereocenters. The Labute approximate surface area is 199 Å². The molecule has 0 saturated carbocycles. The zero-order chi connectivity index (χ0) is 24.0. The third kappa shape index (κ3) is 3.67. The molecule has 3 aromatic heterocycles. The molecule has 0 amide bonds. The lowest BCUT2D eigenvalue weighted by Gasteiger charge is -2.13. The van der Waals surface area contributed by atoms with Crippen molar-refractivity contribution in [3.8, 4) is 17.2 Å². The van der Waals surface area contributed by atoms with Crippen molar-refractivity contribution in [3.63, 3.8) is 0 Å². The van der Waals surface area contributed by atoms with Crippen LogP contribution < -0.4 is 14.2 Å². The van der Waals surface area contributed by atoms with Crippen molar-refractivity contribution in [2.24, 2.45) is 0 Å². The molecule has 4 heterocycles. The Morgan fingerprint density at radius 3 is 2.77 bits per heavy atom. The van der Waals surface area contributed by atoms with Gasteiger partial charge in [-0.15, -0.1) is 0 Å². The van der Waals surface area contributed by atoms with Crippen LogP contribution in [0.2, 0.25) is 0 Å². The minimum absolute atomic E-state index is 0.0417. The van der Waals surface area contributed by atoms with E-state index >= 15 is 0 Å². The third-order valence-electron chi connectivity index (χ3n) is 5.84. The largest absolute Gasteiger partial charge is 0.495 e. The molecule has 0 unspecified atom stereocenters. The number of aromatic nitrogens is 5. The monoisotopic (exact) mass is 492 g/mol. The number of fused-ring (bicyclic) bond motifs is 3. The van der Waals surface area contributed by atoms with E-state index in [9.17, 15) is 8.42 Å². The molecule has 35 heavy (non-hydrogen) atoms. The average molecular weight is 493 g/mol. The first-order valence-electron chi connectivity index (χ1n) is 10.8. The summed E-state index contributed by atoms with van der Waals surface area (Å²) in [6.07, 6.45) is 7.67. The number of ether oxygens (including phenoxy) is 2. The van der Waals surface area contributed by atoms with Crippen molar-refractivity contribution < 1.29 is 22.4 Å². The highest BCUT2D eigenvalue weighted by atomic mass is 32.2. The fourth-order valence-corrected chi connectivity index (χ4v) is 5.41. The van der Waals surface area contributed by atoms with E-state index in [-0.39, 0.29) is 16.5 Å². The van der Waals surface area contributed by atoms with Crippen LogP contribution in [0.1, 0.15) is 11.1 Å². The maximum atomic E-state index is 13.4. The smallest absolute Gasteiger partial charge is 0.266 e. The van der Waals surface area contributed by atoms with Crippen molar-refractivity contribution in [3.05, 3.63) is 72.3 Å². The van der Waals surface area contributed by atoms with Gasteiger partial charge in [0.05, 0.1) is 25.9 Å². The summed E-state index contributed by atoms with van der Waals surface area (Å²) >= 11 is 0. The van der Waals surface area contributed by atoms with E-state index in [1.165, 1.54) is 13.2 Å². The first-order chi connectivity index (χ1) is 17.0. The zero-order valence-electron chi connectivity index (χ0n) is 18.6. The highest BCUT2D eigenvalue weighted by Gasteiger charge is 2.29. The Bertz CT molecular complexity index is 1620. The van der Waals surface area contributed by atoms with E-state index in [1.54, 1.807) is 46.2 Å². The molecule has 0 fully saturated rings. The molecule has 12 heteroatoms. The maximum Gasteiger partial charge on any atom is 0.266 e. The molecule has 6 rings (SSSR count). The van der Waals surface area contributed by atoms with Crippen molar-refractivity contribution >= 4 is 26.8 Å². The molecule has 178 valence electrons. The molecule has 11 nitrogen and oxygen atoms in total. The molecule has 0 bridgehead atoms. The maximum absolute atomic E-state index is 13.4. The van der Waals surface area contributed by atoms with E-state index in [0.717, 1.165) is 11.1 Å². The highest BCUT2D eigenvalue weighted by molar-refractivity contribution is 7.92. The van der Waals surface area contributed by atoms with Crippen LogP contribution in [0.3, 0.4) is 0 Å². The number of sulfonamides is 1. The number of anilines is 1. The second-order valence-corrected chi connectivity index (χ2v) is 9.59. The molecule has 0 aliphatic carbocycles. The Hall–Kier alpha value is -4.32. The van der Waals surface area contributed by atoms with E-state index in [1.807, 2.05) is 18.3 Å². The summed E-state index contributed by atoms with van der Waals surface area (Å²) in [5.41, 5.74) is 3.05. The second kappa shape index (κ2) is 8.17. The van der Waals surface area contributed by atoms with Crippen LogP contribution in [-0.2, 0) is 23.0 Å². The van der Waals surface area contributed by atoms with Crippen molar-refractivity contribution in [2.45, 2.75) is 17.9 Å². The van der Waals surface area contributed by atoms with Crippen LogP contribution in [0.4, 0.5) is 5.82 Å². The lowest BCUT2D eigenvalue weighted by molar-refractivity contribution is 0.360. The molecule has 1 N–H and O–H groups in total. The van der Waals surface area contributed by atoms with Gasteiger partial charge in [-0.2, -0.15) is 10.2 Å². The fourth-order valence-electron chi connectivity index (χ4n) is 4.26. The molecule has 2 aromatic carbocycles. The van der Waals surface area contributed by atoms with E-state index in [4.69, 9.17) is 14.0 Å². The topological polar surface area (TPSA) is 126 Å². The van der Waals surface area contributed by atoms with Gasteiger partial charge in [-0.05, 0) is 35.9 Å². The third-order valence-corrected chi connectivity index (χ3v) is 7.22. The Morgan fingerprint density at radius 1 is 1.14 bits per heavy atom. The van der Waals surface area contributed by atoms with Crippen LogP contribution in [0.25, 0.3) is 16.7 Å². The first-order valence-corrected chi connectivity index (χ1v) is 12.3. The summed E-state index contributed by atoms with van der Waals surface area (Å²) in [4.78, 5) is -0.0417. The normalized spacial score (nSPS) is 13.1. The number of nitrogens with zero attached hydrogens (tertiary/aromatic N) is 5. The fraction of sp³-hybridized carbons (Fsp3) is 0.174. The Kier molecular flexibility index (Phi) is 4.95. The lowest BCUT2D eigenvalue weighted by atomic mass is 10.0. The Balaban J connectivity index is 1.38. The first kappa shape index (κ1) is 21.2. The standard InChI is InChI=1S/C23H20N6O5S/c1-32-18-13-16(29-10-3-8-25-29)4-5-20(18)35(30,31)27-23-21-19(34-26-23)12-15(14-28-9-2-7-24-28)17-6-11-33-22(17)21/h2-5,7-10,12-13H,6,11,14H2,1H3,(H,26,27). The van der Waals surface area contributed by atoms with Gasteiger partial charge >= 0.3 is 0 Å². The summed E-state index contributed by atoms with van der Waals surface area (Å²) < 4.78 is 49.5. The predicted octanol–water partition coefficient (Wildman–Crippen LogP) is 3.00. The zero-order valence-corrected chi connectivity index (χ0v) is 19.4. The lowest BCUT2D eigenvalue weighted by Crippen LogP contribution is -2.15. The van der Waals surface area contributed by atoms with Gasteiger partial charge in [0.25, 0.3) is 10.0 Å². The summed E-state index contributed by atoms with van der Waals surface area (Å²) in [7, 11) is -2.66. The summed E-state index contributed by atoms with van der Waals surface area (Å²) in [6, 6.07) is 10.2. The van der Waals surface area contributed by atoms with Crippen LogP contribution >= 0.6 is 0 Å². The van der Waals surface area contributed by atoms with E-state index in [2.05, 4.69) is 20.1 Å². The van der Waals surface area contributed by atoms with Crippen LogP contribution in [-0.4, -0.2) is 46.9 Å². The molecule has 0 saturated heterocycles. The second-order valence-electron chi connectivity index (χ2n) is 7.94. The number of rotatable bonds is 7. The predicted molar refractivity (Wildman–Crippen MR) is 125 cm³/mol. The minimum Gasteiger partial charge on any atom is -0.495 e. The number of methoxy groups -OCH3 is 1. The van der Waals surface area contributed by atoms with Gasteiger partial charge in [-0.3, -0.25) is 9.40 Å². The quantitative estimate of drug-likeness (QED) is 0.367. The molecular formula is C23H20N6O5S. The Morgan fingerprint density at radius 2 is 2.00 bits per heavy atom. The van der Waals surface area contributed by atoms with Gasteiger partial charge in [0, 0.05) is 42.8 Å². The molecule has 1 aliphatic rings. The molecule has 5 aromatic rings. The van der Waals surface area contributed by atoms with Gasteiger partial charge < -0.3 is 14.0 Å². The number of benzene rings is 2. The summed E-state index contributed by atoms with van der Waals surface area (Å²) in [6.45, 7) is 1.02. The summed E-state index contributed by atoms with van der Waals surface area (Å²) in [5.74, 6) is 0.799. The van der Waals surface area contributed by atoms with Gasteiger partial charge in [0.2, 0.25) is 0 Å². The molecule has 0 spiro atoms. The number of hydrogen-bond acceptors (Lipinski definition) is 8. The van der Waals surface area contributed by atoms with Crippen LogP contribution in [0, 0.1) is 0 Å². The number of nitrogens with one attached hydrogen (secondary N) is 1. The average Bonchev–Trinajstić information content (AvgIpc) is 3.66. The molecular weight excluding hydrogens is 472 g/mol. The molecule has 0 radical (unpaired) electrons. The van der Waals surface area contributed by atoms with Crippen LogP contribution in [0.15, 0.2) is 70.6 Å². The number of hydrogen-bond donors (Lipinski definition) is 1. The van der Waals surface area contributed by atoms with E-state index in [0.29, 0.717) is 42.0 Å². The van der Waals surface area contributed by atoms with Crippen molar-refractivity contribution in [1.82, 2.24) is 24.7 Å². The SMILES string of the molecule is COc1cc(-n2cccn2)ccc1S(=O)(=O)Nc1noc2cc(Cn3cccn3)c3c(c12)OCC3. The minimum atomic E-state index is -4.07. The van der Waals surface area contributed by atoms with Crippen LogP contribution in [0.5, 0.6) is 11.5 Å². The highest BCUT2D eigenvalue weighted by Crippen LogP contribution is 2.42. The van der Waals surface area contributed by atoms with Crippen molar-refractivity contribution in [2.75, 3.05) is 18.4 Å². The van der Waals surface area contributed by atoms with Gasteiger partial charge in [0.1, 0.15) is 21.8 Å². The van der Waals surface area contributed by atoms with Gasteiger partial charge in [0.15, 0.2) is 11.4 Å². The van der Waals surface area contributed by atoms with E-state index < -0.39 is 10.0 Å². The van der Waals surface area contributed by atoms with Crippen molar-refractivity contribution in [1.29, 1.82) is 0 Å².